The number of nitrogens with zero attached hydrogens (tertiary/aromatic N) is 1. The number of nitrogens with one attached hydrogen (secondary N) is 1. The Morgan fingerprint density at radius 2 is 1.66 bits per heavy atom. The predicted octanol–water partition coefficient (Wildman–Crippen LogP) is 4.55. The summed E-state index contributed by atoms with van der Waals surface area (Å²) < 4.78 is 5.73. The highest BCUT2D eigenvalue weighted by molar-refractivity contribution is 6.36. The van der Waals surface area contributed by atoms with Crippen molar-refractivity contribution < 1.29 is 14.3 Å². The molecule has 2 amide bonds. The Morgan fingerprint density at radius 3 is 2.24 bits per heavy atom. The summed E-state index contributed by atoms with van der Waals surface area (Å²) in [4.78, 5) is 27.1. The van der Waals surface area contributed by atoms with Crippen molar-refractivity contribution in [2.45, 2.75) is 34.6 Å². The molecule has 0 atom stereocenters. The summed E-state index contributed by atoms with van der Waals surface area (Å²) in [5, 5.41) is 3.19. The van der Waals surface area contributed by atoms with E-state index in [1.165, 1.54) is 10.5 Å². The highest BCUT2D eigenvalue weighted by Gasteiger charge is 2.38. The van der Waals surface area contributed by atoms with Crippen LogP contribution < -0.4 is 10.1 Å². The third-order valence-electron chi connectivity index (χ3n) is 4.99. The van der Waals surface area contributed by atoms with Crippen molar-refractivity contribution in [2.75, 3.05) is 18.5 Å². The van der Waals surface area contributed by atoms with E-state index in [1.807, 2.05) is 56.3 Å². The quantitative estimate of drug-likeness (QED) is 0.702. The minimum Gasteiger partial charge on any atom is -0.493 e. The number of hydrogen-bond donors (Lipinski definition) is 1. The van der Waals surface area contributed by atoms with Gasteiger partial charge in [-0.25, -0.2) is 0 Å². The van der Waals surface area contributed by atoms with Gasteiger partial charge in [0.05, 0.1) is 12.2 Å². The van der Waals surface area contributed by atoms with Crippen LogP contribution >= 0.6 is 0 Å². The van der Waals surface area contributed by atoms with E-state index < -0.39 is 0 Å². The molecule has 1 aliphatic heterocycles. The van der Waals surface area contributed by atoms with Crippen LogP contribution in [0.4, 0.5) is 5.69 Å². The van der Waals surface area contributed by atoms with Crippen LogP contribution in [-0.2, 0) is 9.59 Å². The van der Waals surface area contributed by atoms with Crippen LogP contribution in [-0.4, -0.2) is 29.9 Å². The lowest BCUT2D eigenvalue weighted by atomic mass is 10.0. The number of likely N-dealkylation sites (N-methyl/N-ethyl adjacent to an activating group) is 1. The second kappa shape index (κ2) is 8.52. The first-order valence-corrected chi connectivity index (χ1v) is 9.99. The third-order valence-corrected chi connectivity index (χ3v) is 4.99. The summed E-state index contributed by atoms with van der Waals surface area (Å²) in [5.74, 6) is 0.597. The molecule has 152 valence electrons. The fourth-order valence-electron chi connectivity index (χ4n) is 3.19. The molecule has 0 bridgehead atoms. The topological polar surface area (TPSA) is 58.6 Å². The van der Waals surface area contributed by atoms with E-state index in [0.717, 1.165) is 17.0 Å². The van der Waals surface area contributed by atoms with Gasteiger partial charge in [0.15, 0.2) is 0 Å². The van der Waals surface area contributed by atoms with Gasteiger partial charge in [-0.05, 0) is 67.6 Å². The smallest absolute Gasteiger partial charge is 0.278 e. The molecule has 3 rings (SSSR count). The third kappa shape index (κ3) is 4.34. The highest BCUT2D eigenvalue weighted by Crippen LogP contribution is 2.31. The highest BCUT2D eigenvalue weighted by atomic mass is 16.5. The summed E-state index contributed by atoms with van der Waals surface area (Å²) in [6.45, 7) is 11.0. The average Bonchev–Trinajstić information content (AvgIpc) is 2.92. The Labute approximate surface area is 172 Å². The number of aryl methyl sites for hydroxylation is 2. The molecule has 1 heterocycles. The number of carbonyl (C=O) groups is 2. The molecule has 29 heavy (non-hydrogen) atoms. The first kappa shape index (κ1) is 20.6. The van der Waals surface area contributed by atoms with Crippen LogP contribution in [0.3, 0.4) is 0 Å². The molecule has 0 spiro atoms. The van der Waals surface area contributed by atoms with Crippen molar-refractivity contribution in [3.63, 3.8) is 0 Å². The number of imide groups is 1. The largest absolute Gasteiger partial charge is 0.493 e. The van der Waals surface area contributed by atoms with Gasteiger partial charge >= 0.3 is 0 Å². The maximum absolute atomic E-state index is 12.9. The molecular weight excluding hydrogens is 364 g/mol. The fourth-order valence-corrected chi connectivity index (χ4v) is 3.19. The van der Waals surface area contributed by atoms with Gasteiger partial charge in [-0.1, -0.05) is 32.0 Å². The number of rotatable bonds is 7. The second-order valence-electron chi connectivity index (χ2n) is 7.76. The van der Waals surface area contributed by atoms with E-state index >= 15 is 0 Å². The number of anilines is 1. The molecule has 5 heteroatoms. The van der Waals surface area contributed by atoms with E-state index in [1.54, 1.807) is 6.92 Å². The summed E-state index contributed by atoms with van der Waals surface area (Å²) in [6.07, 6.45) is 0. The van der Waals surface area contributed by atoms with E-state index in [9.17, 15) is 9.59 Å². The Balaban J connectivity index is 1.97. The van der Waals surface area contributed by atoms with Crippen LogP contribution in [0.1, 0.15) is 37.5 Å². The predicted molar refractivity (Wildman–Crippen MR) is 116 cm³/mol. The molecule has 0 aromatic heterocycles. The summed E-state index contributed by atoms with van der Waals surface area (Å²) in [7, 11) is 0. The Morgan fingerprint density at radius 1 is 0.966 bits per heavy atom. The van der Waals surface area contributed by atoms with Crippen molar-refractivity contribution in [2.24, 2.45) is 5.92 Å². The zero-order valence-corrected chi connectivity index (χ0v) is 17.7. The SMILES string of the molecule is CCN1C(=O)C(Nc2ccc(C)c(C)c2)=C(c2ccc(OCC(C)C)cc2)C1=O. The molecule has 1 N–H and O–H groups in total. The van der Waals surface area contributed by atoms with E-state index in [-0.39, 0.29) is 11.8 Å². The van der Waals surface area contributed by atoms with E-state index in [4.69, 9.17) is 4.74 Å². The fraction of sp³-hybridized carbons (Fsp3) is 0.333. The number of carbonyl (C=O) groups excluding carboxylic acids is 2. The molecule has 5 nitrogen and oxygen atoms in total. The molecule has 0 fully saturated rings. The van der Waals surface area contributed by atoms with Crippen LogP contribution in [0.5, 0.6) is 5.75 Å². The van der Waals surface area contributed by atoms with Gasteiger partial charge in [-0.3, -0.25) is 14.5 Å². The Kier molecular flexibility index (Phi) is 6.06. The van der Waals surface area contributed by atoms with Gasteiger partial charge in [-0.2, -0.15) is 0 Å². The number of benzene rings is 2. The molecule has 0 radical (unpaired) electrons. The van der Waals surface area contributed by atoms with Gasteiger partial charge in [0.2, 0.25) is 0 Å². The molecule has 2 aromatic carbocycles. The van der Waals surface area contributed by atoms with E-state index in [0.29, 0.717) is 35.9 Å². The summed E-state index contributed by atoms with van der Waals surface area (Å²) in [5.41, 5.74) is 4.49. The summed E-state index contributed by atoms with van der Waals surface area (Å²) in [6, 6.07) is 13.2. The zero-order chi connectivity index (χ0) is 21.1. The average molecular weight is 392 g/mol. The lowest BCUT2D eigenvalue weighted by molar-refractivity contribution is -0.136. The zero-order valence-electron chi connectivity index (χ0n) is 17.7. The van der Waals surface area contributed by atoms with Crippen molar-refractivity contribution in [3.8, 4) is 5.75 Å². The minimum atomic E-state index is -0.300. The maximum atomic E-state index is 12.9. The first-order chi connectivity index (χ1) is 13.8. The summed E-state index contributed by atoms with van der Waals surface area (Å²) >= 11 is 0. The molecule has 2 aromatic rings. The molecular formula is C24H28N2O3. The number of ether oxygens (including phenoxy) is 1. The lowest BCUT2D eigenvalue weighted by Gasteiger charge is -2.12. The molecule has 0 saturated heterocycles. The van der Waals surface area contributed by atoms with Crippen molar-refractivity contribution >= 4 is 23.1 Å². The van der Waals surface area contributed by atoms with Crippen LogP contribution in [0.25, 0.3) is 5.57 Å². The van der Waals surface area contributed by atoms with Gasteiger partial charge in [0.25, 0.3) is 11.8 Å². The standard InChI is InChI=1S/C24H28N2O3/c1-6-26-23(27)21(18-8-11-20(12-9-18)29-14-15(2)3)22(24(26)28)25-19-10-7-16(4)17(5)13-19/h7-13,15,25H,6,14H2,1-5H3. The lowest BCUT2D eigenvalue weighted by Crippen LogP contribution is -2.32. The molecule has 0 unspecified atom stereocenters. The van der Waals surface area contributed by atoms with Gasteiger partial charge < -0.3 is 10.1 Å². The molecule has 1 aliphatic rings. The van der Waals surface area contributed by atoms with Crippen LogP contribution in [0.2, 0.25) is 0 Å². The van der Waals surface area contributed by atoms with Crippen molar-refractivity contribution in [1.82, 2.24) is 4.90 Å². The second-order valence-corrected chi connectivity index (χ2v) is 7.76. The molecule has 0 aliphatic carbocycles. The number of hydrogen-bond acceptors (Lipinski definition) is 4. The normalized spacial score (nSPS) is 14.2. The minimum absolute atomic E-state index is 0.278. The van der Waals surface area contributed by atoms with Gasteiger partial charge in [0, 0.05) is 12.2 Å². The van der Waals surface area contributed by atoms with E-state index in [2.05, 4.69) is 19.2 Å². The Hall–Kier alpha value is -3.08. The van der Waals surface area contributed by atoms with Crippen LogP contribution in [0.15, 0.2) is 48.2 Å². The van der Waals surface area contributed by atoms with Crippen LogP contribution in [0, 0.1) is 19.8 Å². The van der Waals surface area contributed by atoms with Crippen molar-refractivity contribution in [3.05, 3.63) is 64.9 Å². The maximum Gasteiger partial charge on any atom is 0.278 e. The first-order valence-electron chi connectivity index (χ1n) is 9.99. The van der Waals surface area contributed by atoms with Gasteiger partial charge in [0.1, 0.15) is 11.4 Å². The van der Waals surface area contributed by atoms with Crippen molar-refractivity contribution in [1.29, 1.82) is 0 Å². The molecule has 0 saturated carbocycles. The number of amides is 2. The Bertz CT molecular complexity index is 959. The van der Waals surface area contributed by atoms with Gasteiger partial charge in [-0.15, -0.1) is 0 Å². The monoisotopic (exact) mass is 392 g/mol.